The molecule has 1 heterocycles. The van der Waals surface area contributed by atoms with Gasteiger partial charge in [0.25, 0.3) is 5.91 Å². The van der Waals surface area contributed by atoms with Crippen molar-refractivity contribution < 1.29 is 4.79 Å². The van der Waals surface area contributed by atoms with E-state index in [1.165, 1.54) is 0 Å². The maximum Gasteiger partial charge on any atom is 0.269 e. The molecule has 0 aliphatic carbocycles. The predicted molar refractivity (Wildman–Crippen MR) is 63.0 cm³/mol. The maximum absolute atomic E-state index is 11.6. The highest BCUT2D eigenvalue weighted by Gasteiger charge is 2.08. The van der Waals surface area contributed by atoms with Crippen LogP contribution in [-0.4, -0.2) is 28.5 Å². The summed E-state index contributed by atoms with van der Waals surface area (Å²) in [6.45, 7) is 3.51. The van der Waals surface area contributed by atoms with Crippen molar-refractivity contribution in [3.8, 4) is 0 Å². The number of carbonyl (C=O) groups is 1. The molecular formula is C11H20N4O. The fraction of sp³-hybridized carbons (Fsp3) is 0.636. The Hall–Kier alpha value is -1.36. The second-order valence-corrected chi connectivity index (χ2v) is 4.13. The van der Waals surface area contributed by atoms with Gasteiger partial charge in [0.15, 0.2) is 0 Å². The Kier molecular flexibility index (Phi) is 4.98. The molecule has 16 heavy (non-hydrogen) atoms. The van der Waals surface area contributed by atoms with Gasteiger partial charge in [-0.25, -0.2) is 4.98 Å². The topological polar surface area (TPSA) is 72.9 Å². The van der Waals surface area contributed by atoms with Crippen molar-refractivity contribution in [1.82, 2.24) is 14.9 Å². The van der Waals surface area contributed by atoms with Gasteiger partial charge in [-0.3, -0.25) is 4.79 Å². The van der Waals surface area contributed by atoms with Crippen LogP contribution in [0.4, 0.5) is 0 Å². The molecule has 0 radical (unpaired) electrons. The average molecular weight is 224 g/mol. The highest BCUT2D eigenvalue weighted by atomic mass is 16.1. The predicted octanol–water partition coefficient (Wildman–Crippen LogP) is 0.525. The summed E-state index contributed by atoms with van der Waals surface area (Å²) >= 11 is 0. The summed E-state index contributed by atoms with van der Waals surface area (Å²) in [6.07, 6.45) is 5.19. The van der Waals surface area contributed by atoms with Crippen LogP contribution in [0.1, 0.15) is 30.3 Å². The lowest BCUT2D eigenvalue weighted by molar-refractivity contribution is 0.0944. The molecule has 0 bridgehead atoms. The van der Waals surface area contributed by atoms with Crippen LogP contribution >= 0.6 is 0 Å². The average Bonchev–Trinajstić information content (AvgIpc) is 2.70. The molecule has 0 spiro atoms. The number of amides is 1. The van der Waals surface area contributed by atoms with Gasteiger partial charge in [-0.15, -0.1) is 0 Å². The van der Waals surface area contributed by atoms with E-state index < -0.39 is 0 Å². The molecule has 1 unspecified atom stereocenters. The Morgan fingerprint density at radius 1 is 1.69 bits per heavy atom. The third-order valence-corrected chi connectivity index (χ3v) is 2.61. The molecule has 5 heteroatoms. The van der Waals surface area contributed by atoms with Gasteiger partial charge in [0, 0.05) is 13.6 Å². The largest absolute Gasteiger partial charge is 0.351 e. The van der Waals surface area contributed by atoms with Crippen molar-refractivity contribution in [2.24, 2.45) is 18.7 Å². The number of nitrogens with two attached hydrogens (primary N) is 1. The first-order valence-electron chi connectivity index (χ1n) is 5.59. The smallest absolute Gasteiger partial charge is 0.269 e. The quantitative estimate of drug-likeness (QED) is 0.692. The zero-order valence-corrected chi connectivity index (χ0v) is 9.94. The number of rotatable bonds is 6. The molecule has 3 N–H and O–H groups in total. The first-order valence-corrected chi connectivity index (χ1v) is 5.59. The molecule has 0 aliphatic heterocycles. The van der Waals surface area contributed by atoms with Crippen LogP contribution in [0.5, 0.6) is 0 Å². The van der Waals surface area contributed by atoms with Crippen molar-refractivity contribution in [3.05, 3.63) is 18.2 Å². The Labute approximate surface area is 96.0 Å². The number of carbonyl (C=O) groups excluding carboxylic acids is 1. The van der Waals surface area contributed by atoms with Gasteiger partial charge in [0.2, 0.25) is 0 Å². The minimum atomic E-state index is -0.0691. The van der Waals surface area contributed by atoms with Gasteiger partial charge in [0.1, 0.15) is 5.69 Å². The maximum atomic E-state index is 11.6. The monoisotopic (exact) mass is 224 g/mol. The normalized spacial score (nSPS) is 12.4. The number of nitrogens with zero attached hydrogens (tertiary/aromatic N) is 2. The van der Waals surface area contributed by atoms with E-state index in [0.717, 1.165) is 12.8 Å². The molecule has 1 amide bonds. The van der Waals surface area contributed by atoms with Crippen molar-refractivity contribution in [2.75, 3.05) is 13.1 Å². The highest BCUT2D eigenvalue weighted by molar-refractivity contribution is 5.92. The summed E-state index contributed by atoms with van der Waals surface area (Å²) in [5, 5.41) is 2.86. The summed E-state index contributed by atoms with van der Waals surface area (Å²) in [5.74, 6) is 0.453. The van der Waals surface area contributed by atoms with Crippen molar-refractivity contribution in [3.63, 3.8) is 0 Å². The second-order valence-electron chi connectivity index (χ2n) is 4.13. The van der Waals surface area contributed by atoms with Crippen LogP contribution in [0.2, 0.25) is 0 Å². The first-order chi connectivity index (χ1) is 7.65. The summed E-state index contributed by atoms with van der Waals surface area (Å²) in [4.78, 5) is 15.5. The van der Waals surface area contributed by atoms with Crippen molar-refractivity contribution in [1.29, 1.82) is 0 Å². The van der Waals surface area contributed by atoms with Crippen LogP contribution < -0.4 is 11.1 Å². The van der Waals surface area contributed by atoms with E-state index in [2.05, 4.69) is 17.2 Å². The van der Waals surface area contributed by atoms with E-state index in [1.807, 2.05) is 0 Å². The number of aryl methyl sites for hydroxylation is 1. The van der Waals surface area contributed by atoms with Crippen molar-refractivity contribution >= 4 is 5.91 Å². The molecule has 0 saturated heterocycles. The lowest BCUT2D eigenvalue weighted by atomic mass is 10.1. The van der Waals surface area contributed by atoms with Gasteiger partial charge in [-0.1, -0.05) is 6.92 Å². The van der Waals surface area contributed by atoms with Crippen LogP contribution in [0.25, 0.3) is 0 Å². The van der Waals surface area contributed by atoms with E-state index in [-0.39, 0.29) is 5.91 Å². The van der Waals surface area contributed by atoms with E-state index in [9.17, 15) is 4.79 Å². The highest BCUT2D eigenvalue weighted by Crippen LogP contribution is 2.02. The lowest BCUT2D eigenvalue weighted by Gasteiger charge is -2.08. The van der Waals surface area contributed by atoms with Crippen LogP contribution in [-0.2, 0) is 7.05 Å². The van der Waals surface area contributed by atoms with Crippen LogP contribution in [0, 0.1) is 5.92 Å². The summed E-state index contributed by atoms with van der Waals surface area (Å²) in [5.41, 5.74) is 6.10. The van der Waals surface area contributed by atoms with E-state index >= 15 is 0 Å². The van der Waals surface area contributed by atoms with Crippen LogP contribution in [0.3, 0.4) is 0 Å². The Balaban J connectivity index is 2.24. The molecule has 1 atom stereocenters. The Morgan fingerprint density at radius 2 is 2.44 bits per heavy atom. The third-order valence-electron chi connectivity index (χ3n) is 2.61. The zero-order valence-electron chi connectivity index (χ0n) is 9.94. The van der Waals surface area contributed by atoms with Crippen LogP contribution in [0.15, 0.2) is 12.5 Å². The molecule has 0 saturated carbocycles. The SMILES string of the molecule is CC(CN)CCCNC(=O)c1cncn1C. The van der Waals surface area contributed by atoms with E-state index in [0.29, 0.717) is 24.7 Å². The summed E-state index contributed by atoms with van der Waals surface area (Å²) in [6, 6.07) is 0. The number of hydrogen-bond acceptors (Lipinski definition) is 3. The minimum absolute atomic E-state index is 0.0691. The lowest BCUT2D eigenvalue weighted by Crippen LogP contribution is -2.26. The standard InChI is InChI=1S/C11H20N4O/c1-9(6-12)4-3-5-14-11(16)10-7-13-8-15(10)2/h7-9H,3-6,12H2,1-2H3,(H,14,16). The fourth-order valence-corrected chi connectivity index (χ4v) is 1.44. The summed E-state index contributed by atoms with van der Waals surface area (Å²) in [7, 11) is 1.80. The number of hydrogen-bond donors (Lipinski definition) is 2. The number of aromatic nitrogens is 2. The van der Waals surface area contributed by atoms with Crippen molar-refractivity contribution in [2.45, 2.75) is 19.8 Å². The van der Waals surface area contributed by atoms with Gasteiger partial charge in [-0.2, -0.15) is 0 Å². The molecule has 90 valence electrons. The minimum Gasteiger partial charge on any atom is -0.351 e. The van der Waals surface area contributed by atoms with E-state index in [1.54, 1.807) is 24.1 Å². The molecule has 1 rings (SSSR count). The molecule has 1 aromatic heterocycles. The van der Waals surface area contributed by atoms with Gasteiger partial charge < -0.3 is 15.6 Å². The summed E-state index contributed by atoms with van der Waals surface area (Å²) < 4.78 is 1.71. The molecule has 0 aliphatic rings. The Bertz CT molecular complexity index is 334. The first kappa shape index (κ1) is 12.7. The molecule has 0 fully saturated rings. The van der Waals surface area contributed by atoms with E-state index in [4.69, 9.17) is 5.73 Å². The van der Waals surface area contributed by atoms with Gasteiger partial charge in [-0.05, 0) is 25.3 Å². The molecule has 0 aromatic carbocycles. The third kappa shape index (κ3) is 3.66. The fourth-order valence-electron chi connectivity index (χ4n) is 1.44. The molecule has 1 aromatic rings. The zero-order chi connectivity index (χ0) is 12.0. The number of nitrogens with one attached hydrogen (secondary N) is 1. The molecular weight excluding hydrogens is 204 g/mol. The molecule has 5 nitrogen and oxygen atoms in total. The second kappa shape index (κ2) is 6.27. The van der Waals surface area contributed by atoms with Gasteiger partial charge in [0.05, 0.1) is 12.5 Å². The Morgan fingerprint density at radius 3 is 3.00 bits per heavy atom. The number of imidazole rings is 1. The van der Waals surface area contributed by atoms with Gasteiger partial charge >= 0.3 is 0 Å².